The Morgan fingerprint density at radius 3 is 3.05 bits per heavy atom. The van der Waals surface area contributed by atoms with Crippen molar-refractivity contribution in [2.75, 3.05) is 23.8 Å². The Labute approximate surface area is 111 Å². The molecule has 1 aliphatic heterocycles. The minimum atomic E-state index is 0.308. The first-order valence-electron chi connectivity index (χ1n) is 6.54. The van der Waals surface area contributed by atoms with Crippen molar-refractivity contribution < 1.29 is 4.74 Å². The van der Waals surface area contributed by atoms with Gasteiger partial charge in [0, 0.05) is 12.6 Å². The number of rotatable bonds is 4. The molecule has 0 saturated carbocycles. The highest BCUT2D eigenvalue weighted by molar-refractivity contribution is 5.84. The Hall–Kier alpha value is -1.89. The number of ether oxygens (including phenoxy) is 1. The maximum atomic E-state index is 5.36. The van der Waals surface area contributed by atoms with Crippen LogP contribution in [0, 0.1) is 0 Å². The summed E-state index contributed by atoms with van der Waals surface area (Å²) < 4.78 is 5.36. The van der Waals surface area contributed by atoms with Gasteiger partial charge in [0.25, 0.3) is 0 Å². The monoisotopic (exact) mass is 262 g/mol. The first-order chi connectivity index (χ1) is 9.22. The van der Waals surface area contributed by atoms with Crippen LogP contribution in [-0.4, -0.2) is 45.2 Å². The molecular formula is C12H18N6O. The molecule has 1 aliphatic rings. The second kappa shape index (κ2) is 5.00. The molecule has 1 saturated heterocycles. The number of hydrogen-bond acceptors (Lipinski definition) is 6. The maximum absolute atomic E-state index is 5.36. The fourth-order valence-electron chi connectivity index (χ4n) is 2.12. The van der Waals surface area contributed by atoms with Gasteiger partial charge in [-0.15, -0.1) is 0 Å². The first-order valence-corrected chi connectivity index (χ1v) is 6.54. The summed E-state index contributed by atoms with van der Waals surface area (Å²) in [5.41, 5.74) is 1.50. The van der Waals surface area contributed by atoms with Crippen molar-refractivity contribution >= 4 is 22.9 Å². The lowest BCUT2D eigenvalue weighted by atomic mass is 10.2. The molecular weight excluding hydrogens is 244 g/mol. The third-order valence-corrected chi connectivity index (χ3v) is 2.98. The number of nitrogens with one attached hydrogen (secondary N) is 3. The van der Waals surface area contributed by atoms with E-state index in [-0.39, 0.29) is 0 Å². The van der Waals surface area contributed by atoms with Gasteiger partial charge >= 0.3 is 0 Å². The lowest BCUT2D eigenvalue weighted by Gasteiger charge is -2.11. The summed E-state index contributed by atoms with van der Waals surface area (Å²) in [6, 6.07) is 0.621. The second-order valence-corrected chi connectivity index (χ2v) is 5.01. The highest BCUT2D eigenvalue weighted by atomic mass is 16.5. The van der Waals surface area contributed by atoms with Gasteiger partial charge in [-0.25, -0.2) is 9.97 Å². The highest BCUT2D eigenvalue weighted by Gasteiger charge is 2.18. The predicted octanol–water partition coefficient (Wildman–Crippen LogP) is 1.37. The average molecular weight is 262 g/mol. The van der Waals surface area contributed by atoms with E-state index in [0.29, 0.717) is 17.7 Å². The van der Waals surface area contributed by atoms with Gasteiger partial charge in [0.2, 0.25) is 5.95 Å². The van der Waals surface area contributed by atoms with E-state index in [4.69, 9.17) is 4.74 Å². The molecule has 3 rings (SSSR count). The van der Waals surface area contributed by atoms with Crippen LogP contribution in [0.5, 0.6) is 0 Å². The summed E-state index contributed by atoms with van der Waals surface area (Å²) >= 11 is 0. The molecule has 7 heteroatoms. The molecule has 102 valence electrons. The van der Waals surface area contributed by atoms with Gasteiger partial charge in [0.1, 0.15) is 11.8 Å². The summed E-state index contributed by atoms with van der Waals surface area (Å²) in [5, 5.41) is 6.60. The summed E-state index contributed by atoms with van der Waals surface area (Å²) in [5.74, 6) is 1.50. The van der Waals surface area contributed by atoms with Gasteiger partial charge in [0.05, 0.1) is 12.6 Å². The minimum absolute atomic E-state index is 0.308. The van der Waals surface area contributed by atoms with Crippen LogP contribution in [0.1, 0.15) is 20.3 Å². The van der Waals surface area contributed by atoms with Gasteiger partial charge in [0.15, 0.2) is 11.5 Å². The van der Waals surface area contributed by atoms with Crippen molar-refractivity contribution in [3.8, 4) is 0 Å². The zero-order chi connectivity index (χ0) is 13.2. The van der Waals surface area contributed by atoms with Crippen molar-refractivity contribution in [1.82, 2.24) is 19.9 Å². The zero-order valence-corrected chi connectivity index (χ0v) is 11.1. The Bertz CT molecular complexity index is 560. The third-order valence-electron chi connectivity index (χ3n) is 2.98. The number of fused-ring (bicyclic) bond motifs is 1. The molecule has 3 N–H and O–H groups in total. The number of aromatic nitrogens is 4. The minimum Gasteiger partial charge on any atom is -0.379 e. The third kappa shape index (κ3) is 2.60. The van der Waals surface area contributed by atoms with Gasteiger partial charge < -0.3 is 20.4 Å². The number of hydrogen-bond donors (Lipinski definition) is 3. The topological polar surface area (TPSA) is 87.8 Å². The van der Waals surface area contributed by atoms with Crippen LogP contribution >= 0.6 is 0 Å². The SMILES string of the molecule is CC(C)Nc1nc2ncnc(N[C@@H]3CCOC3)c2[nH]1. The molecule has 0 bridgehead atoms. The normalized spacial score (nSPS) is 19.2. The standard InChI is InChI=1S/C12H18N6O/c1-7(2)15-12-17-9-10(13-6-14-11(9)18-12)16-8-3-4-19-5-8/h6-8H,3-5H2,1-2H3,(H3,13,14,15,16,17,18)/t8-/m1/s1. The summed E-state index contributed by atoms with van der Waals surface area (Å²) in [6.45, 7) is 5.65. The van der Waals surface area contributed by atoms with E-state index in [0.717, 1.165) is 36.9 Å². The van der Waals surface area contributed by atoms with Crippen LogP contribution in [0.15, 0.2) is 6.33 Å². The summed E-state index contributed by atoms with van der Waals surface area (Å²) in [6.07, 6.45) is 2.53. The number of anilines is 2. The van der Waals surface area contributed by atoms with Crippen molar-refractivity contribution in [2.45, 2.75) is 32.4 Å². The van der Waals surface area contributed by atoms with E-state index < -0.39 is 0 Å². The molecule has 1 fully saturated rings. The molecule has 2 aromatic heterocycles. The van der Waals surface area contributed by atoms with Crippen LogP contribution in [-0.2, 0) is 4.74 Å². The largest absolute Gasteiger partial charge is 0.379 e. The predicted molar refractivity (Wildman–Crippen MR) is 73.3 cm³/mol. The zero-order valence-electron chi connectivity index (χ0n) is 11.1. The van der Waals surface area contributed by atoms with Gasteiger partial charge in [-0.1, -0.05) is 0 Å². The molecule has 19 heavy (non-hydrogen) atoms. The molecule has 0 aromatic carbocycles. The van der Waals surface area contributed by atoms with Crippen LogP contribution in [0.4, 0.5) is 11.8 Å². The van der Waals surface area contributed by atoms with Crippen molar-refractivity contribution in [2.24, 2.45) is 0 Å². The molecule has 0 amide bonds. The Kier molecular flexibility index (Phi) is 3.20. The number of H-pyrrole nitrogens is 1. The van der Waals surface area contributed by atoms with E-state index in [2.05, 4.69) is 44.4 Å². The number of imidazole rings is 1. The molecule has 2 aromatic rings. The fraction of sp³-hybridized carbons (Fsp3) is 0.583. The summed E-state index contributed by atoms with van der Waals surface area (Å²) in [4.78, 5) is 16.1. The van der Waals surface area contributed by atoms with Gasteiger partial charge in [-0.05, 0) is 20.3 Å². The Morgan fingerprint density at radius 2 is 2.32 bits per heavy atom. The second-order valence-electron chi connectivity index (χ2n) is 5.01. The lowest BCUT2D eigenvalue weighted by Crippen LogP contribution is -2.20. The quantitative estimate of drug-likeness (QED) is 0.771. The molecule has 0 unspecified atom stereocenters. The smallest absolute Gasteiger partial charge is 0.203 e. The molecule has 1 atom stereocenters. The number of aromatic amines is 1. The highest BCUT2D eigenvalue weighted by Crippen LogP contribution is 2.21. The first kappa shape index (κ1) is 12.2. The van der Waals surface area contributed by atoms with E-state index in [1.807, 2.05) is 0 Å². The van der Waals surface area contributed by atoms with Crippen molar-refractivity contribution in [3.05, 3.63) is 6.33 Å². The Morgan fingerprint density at radius 1 is 1.42 bits per heavy atom. The van der Waals surface area contributed by atoms with E-state index in [1.54, 1.807) is 0 Å². The van der Waals surface area contributed by atoms with E-state index in [9.17, 15) is 0 Å². The van der Waals surface area contributed by atoms with Gasteiger partial charge in [-0.2, -0.15) is 4.98 Å². The van der Waals surface area contributed by atoms with Crippen molar-refractivity contribution in [3.63, 3.8) is 0 Å². The number of nitrogens with zero attached hydrogens (tertiary/aromatic N) is 3. The van der Waals surface area contributed by atoms with Crippen LogP contribution in [0.2, 0.25) is 0 Å². The van der Waals surface area contributed by atoms with Crippen LogP contribution in [0.3, 0.4) is 0 Å². The molecule has 0 radical (unpaired) electrons. The molecule has 3 heterocycles. The molecule has 0 aliphatic carbocycles. The van der Waals surface area contributed by atoms with Crippen LogP contribution in [0.25, 0.3) is 11.2 Å². The van der Waals surface area contributed by atoms with E-state index >= 15 is 0 Å². The van der Waals surface area contributed by atoms with Gasteiger partial charge in [-0.3, -0.25) is 0 Å². The molecule has 0 spiro atoms. The lowest BCUT2D eigenvalue weighted by molar-refractivity contribution is 0.195. The average Bonchev–Trinajstić information content (AvgIpc) is 2.97. The van der Waals surface area contributed by atoms with Crippen molar-refractivity contribution in [1.29, 1.82) is 0 Å². The maximum Gasteiger partial charge on any atom is 0.203 e. The van der Waals surface area contributed by atoms with E-state index in [1.165, 1.54) is 6.33 Å². The van der Waals surface area contributed by atoms with Crippen LogP contribution < -0.4 is 10.6 Å². The Balaban J connectivity index is 1.88. The summed E-state index contributed by atoms with van der Waals surface area (Å²) in [7, 11) is 0. The fourth-order valence-corrected chi connectivity index (χ4v) is 2.12. The molecule has 7 nitrogen and oxygen atoms in total.